The lowest BCUT2D eigenvalue weighted by atomic mass is 9.74. The van der Waals surface area contributed by atoms with E-state index in [-0.39, 0.29) is 0 Å². The highest BCUT2D eigenvalue weighted by Crippen LogP contribution is 2.48. The maximum absolute atomic E-state index is 5.55. The molecule has 160 valence electrons. The van der Waals surface area contributed by atoms with Crippen LogP contribution in [0.15, 0.2) is 73.4 Å². The number of methoxy groups -OCH3 is 1. The van der Waals surface area contributed by atoms with Gasteiger partial charge < -0.3 is 4.74 Å². The minimum atomic E-state index is 0.395. The Morgan fingerprint density at radius 1 is 1.23 bits per heavy atom. The zero-order valence-corrected chi connectivity index (χ0v) is 18.9. The third kappa shape index (κ3) is 4.11. The van der Waals surface area contributed by atoms with Crippen LogP contribution in [0.3, 0.4) is 0 Å². The van der Waals surface area contributed by atoms with E-state index in [4.69, 9.17) is 4.74 Å². The predicted octanol–water partition coefficient (Wildman–Crippen LogP) is 6.11. The molecule has 4 heteroatoms. The van der Waals surface area contributed by atoms with Crippen LogP contribution in [-0.2, 0) is 5.75 Å². The fourth-order valence-corrected chi connectivity index (χ4v) is 6.84. The van der Waals surface area contributed by atoms with E-state index >= 15 is 0 Å². The molecule has 0 aliphatic carbocycles. The molecule has 0 radical (unpaired) electrons. The number of rotatable bonds is 7. The lowest BCUT2D eigenvalue weighted by Crippen LogP contribution is -2.54. The molecule has 0 saturated carbocycles. The topological polar surface area (TPSA) is 25.4 Å². The van der Waals surface area contributed by atoms with Gasteiger partial charge in [-0.2, -0.15) is 0 Å². The highest BCUT2D eigenvalue weighted by atomic mass is 32.2. The molecule has 3 aliphatic heterocycles. The van der Waals surface area contributed by atoms with Crippen LogP contribution in [-0.4, -0.2) is 36.1 Å². The number of nitrogens with zero attached hydrogens (tertiary/aromatic N) is 2. The monoisotopic (exact) mass is 430 g/mol. The average Bonchev–Trinajstić information content (AvgIpc) is 2.85. The summed E-state index contributed by atoms with van der Waals surface area (Å²) in [5.41, 5.74) is 3.81. The van der Waals surface area contributed by atoms with Crippen molar-refractivity contribution in [3.05, 3.63) is 84.6 Å². The summed E-state index contributed by atoms with van der Waals surface area (Å²) in [6.45, 7) is 6.46. The lowest BCUT2D eigenvalue weighted by Gasteiger charge is -2.51. The van der Waals surface area contributed by atoms with Crippen LogP contribution in [0.5, 0.6) is 5.75 Å². The van der Waals surface area contributed by atoms with Crippen LogP contribution >= 0.6 is 11.8 Å². The SMILES string of the molecule is C=C[C@H]1CN2CC[C@H]1C[C@H]2[C@@H](SCc1ccccc1)c1ccnc2ccc(OC)cc12. The second kappa shape index (κ2) is 9.05. The second-order valence-electron chi connectivity index (χ2n) is 8.75. The van der Waals surface area contributed by atoms with Crippen LogP contribution < -0.4 is 4.74 Å². The Kier molecular flexibility index (Phi) is 6.02. The normalized spacial score (nSPS) is 26.0. The molecule has 2 bridgehead atoms. The van der Waals surface area contributed by atoms with Crippen molar-refractivity contribution in [1.82, 2.24) is 9.88 Å². The van der Waals surface area contributed by atoms with Crippen LogP contribution in [0, 0.1) is 11.8 Å². The van der Waals surface area contributed by atoms with Gasteiger partial charge in [-0.05, 0) is 66.6 Å². The first-order chi connectivity index (χ1) is 15.3. The highest BCUT2D eigenvalue weighted by Gasteiger charge is 2.42. The summed E-state index contributed by atoms with van der Waals surface area (Å²) < 4.78 is 5.55. The molecule has 0 amide bonds. The molecule has 3 fully saturated rings. The minimum absolute atomic E-state index is 0.395. The van der Waals surface area contributed by atoms with Gasteiger partial charge in [0.05, 0.1) is 12.6 Å². The standard InChI is InChI=1S/C27H30N2OS/c1-3-20-17-29-14-12-21(20)15-26(29)27(31-18-19-7-5-4-6-8-19)23-11-13-28-25-10-9-22(30-2)16-24(23)25/h3-11,13,16,20-21,26-27H,1,12,14-15,17-18H2,2H3/t20-,21-,26-,27-/m0/s1. The highest BCUT2D eigenvalue weighted by molar-refractivity contribution is 7.98. The Balaban J connectivity index is 1.53. The third-order valence-electron chi connectivity index (χ3n) is 7.06. The van der Waals surface area contributed by atoms with Gasteiger partial charge in [-0.15, -0.1) is 18.3 Å². The van der Waals surface area contributed by atoms with Gasteiger partial charge in [-0.3, -0.25) is 9.88 Å². The molecule has 3 saturated heterocycles. The Bertz CT molecular complexity index is 1050. The average molecular weight is 431 g/mol. The van der Waals surface area contributed by atoms with Crippen molar-refractivity contribution in [3.63, 3.8) is 0 Å². The maximum Gasteiger partial charge on any atom is 0.119 e. The summed E-state index contributed by atoms with van der Waals surface area (Å²) in [6.07, 6.45) is 6.71. The molecule has 0 spiro atoms. The first kappa shape index (κ1) is 20.6. The molecule has 3 aliphatic rings. The Morgan fingerprint density at radius 2 is 2.10 bits per heavy atom. The summed E-state index contributed by atoms with van der Waals surface area (Å²) in [6, 6.07) is 19.9. The maximum atomic E-state index is 5.55. The fourth-order valence-electron chi connectivity index (χ4n) is 5.38. The van der Waals surface area contributed by atoms with Gasteiger partial charge in [0.15, 0.2) is 0 Å². The van der Waals surface area contributed by atoms with Gasteiger partial charge in [0.1, 0.15) is 5.75 Å². The lowest BCUT2D eigenvalue weighted by molar-refractivity contribution is 0.0183. The number of benzene rings is 2. The van der Waals surface area contributed by atoms with Crippen molar-refractivity contribution in [3.8, 4) is 5.75 Å². The fraction of sp³-hybridized carbons (Fsp3) is 0.370. The Morgan fingerprint density at radius 3 is 2.84 bits per heavy atom. The quantitative estimate of drug-likeness (QED) is 0.422. The van der Waals surface area contributed by atoms with Crippen molar-refractivity contribution in [1.29, 1.82) is 0 Å². The molecule has 1 aromatic heterocycles. The number of thioether (sulfide) groups is 1. The van der Waals surface area contributed by atoms with Crippen LogP contribution in [0.4, 0.5) is 0 Å². The molecule has 2 aromatic carbocycles. The van der Waals surface area contributed by atoms with E-state index in [0.29, 0.717) is 17.2 Å². The molecule has 1 unspecified atom stereocenters. The van der Waals surface area contributed by atoms with Gasteiger partial charge in [-0.25, -0.2) is 0 Å². The summed E-state index contributed by atoms with van der Waals surface area (Å²) >= 11 is 2.07. The zero-order chi connectivity index (χ0) is 21.2. The number of ether oxygens (including phenoxy) is 1. The first-order valence-corrected chi connectivity index (χ1v) is 12.3. The smallest absolute Gasteiger partial charge is 0.119 e. The molecule has 3 nitrogen and oxygen atoms in total. The van der Waals surface area contributed by atoms with E-state index in [1.807, 2.05) is 12.3 Å². The molecular formula is C27H30N2OS. The van der Waals surface area contributed by atoms with Crippen molar-refractivity contribution < 1.29 is 4.74 Å². The van der Waals surface area contributed by atoms with Gasteiger partial charge in [0, 0.05) is 35.2 Å². The third-order valence-corrected chi connectivity index (χ3v) is 8.49. The van der Waals surface area contributed by atoms with E-state index < -0.39 is 0 Å². The summed E-state index contributed by atoms with van der Waals surface area (Å²) in [4.78, 5) is 7.37. The van der Waals surface area contributed by atoms with E-state index in [2.05, 4.69) is 82.8 Å². The van der Waals surface area contributed by atoms with Crippen molar-refractivity contribution in [2.75, 3.05) is 20.2 Å². The van der Waals surface area contributed by atoms with Crippen molar-refractivity contribution in [2.24, 2.45) is 11.8 Å². The number of piperidine rings is 3. The number of pyridine rings is 1. The van der Waals surface area contributed by atoms with Gasteiger partial charge in [-0.1, -0.05) is 36.4 Å². The van der Waals surface area contributed by atoms with E-state index in [9.17, 15) is 0 Å². The number of hydrogen-bond acceptors (Lipinski definition) is 4. The predicted molar refractivity (Wildman–Crippen MR) is 131 cm³/mol. The largest absolute Gasteiger partial charge is 0.497 e. The molecule has 0 N–H and O–H groups in total. The first-order valence-electron chi connectivity index (χ1n) is 11.2. The zero-order valence-electron chi connectivity index (χ0n) is 18.1. The molecule has 6 rings (SSSR count). The van der Waals surface area contributed by atoms with Crippen molar-refractivity contribution in [2.45, 2.75) is 29.9 Å². The number of fused-ring (bicyclic) bond motifs is 4. The van der Waals surface area contributed by atoms with Crippen molar-refractivity contribution >= 4 is 22.7 Å². The molecule has 3 aromatic rings. The van der Waals surface area contributed by atoms with E-state index in [1.54, 1.807) is 7.11 Å². The van der Waals surface area contributed by atoms with Crippen LogP contribution in [0.25, 0.3) is 10.9 Å². The van der Waals surface area contributed by atoms with Gasteiger partial charge >= 0.3 is 0 Å². The number of hydrogen-bond donors (Lipinski definition) is 0. The second-order valence-corrected chi connectivity index (χ2v) is 9.88. The number of aromatic nitrogens is 1. The summed E-state index contributed by atoms with van der Waals surface area (Å²) in [5, 5.41) is 1.61. The van der Waals surface area contributed by atoms with E-state index in [1.165, 1.54) is 35.9 Å². The minimum Gasteiger partial charge on any atom is -0.497 e. The van der Waals surface area contributed by atoms with Crippen LogP contribution in [0.1, 0.15) is 29.2 Å². The molecular weight excluding hydrogens is 400 g/mol. The van der Waals surface area contributed by atoms with Crippen LogP contribution in [0.2, 0.25) is 0 Å². The Hall–Kier alpha value is -2.30. The van der Waals surface area contributed by atoms with E-state index in [0.717, 1.165) is 29.5 Å². The van der Waals surface area contributed by atoms with Gasteiger partial charge in [0.25, 0.3) is 0 Å². The summed E-state index contributed by atoms with van der Waals surface area (Å²) in [7, 11) is 1.74. The van der Waals surface area contributed by atoms with Gasteiger partial charge in [0.2, 0.25) is 0 Å². The molecule has 4 heterocycles. The molecule has 31 heavy (non-hydrogen) atoms. The summed E-state index contributed by atoms with van der Waals surface area (Å²) in [5.74, 6) is 3.30. The molecule has 5 atom stereocenters. The Labute approximate surface area is 189 Å².